The molecule has 0 radical (unpaired) electrons. The van der Waals surface area contributed by atoms with Crippen LogP contribution in [0.4, 0.5) is 11.5 Å². The quantitative estimate of drug-likeness (QED) is 0.695. The van der Waals surface area contributed by atoms with Crippen LogP contribution in [-0.4, -0.2) is 66.6 Å². The molecule has 1 aromatic carbocycles. The molecule has 1 fully saturated rings. The number of nitrogens with zero attached hydrogens (tertiary/aromatic N) is 4. The highest BCUT2D eigenvalue weighted by atomic mass is 16.1. The monoisotopic (exact) mass is 406 g/mol. The molecule has 0 spiro atoms. The number of rotatable bonds is 4. The van der Waals surface area contributed by atoms with Crippen molar-refractivity contribution in [1.29, 1.82) is 0 Å². The van der Waals surface area contributed by atoms with Gasteiger partial charge >= 0.3 is 0 Å². The lowest BCUT2D eigenvalue weighted by Crippen LogP contribution is -2.46. The second kappa shape index (κ2) is 9.17. The molecule has 2 aliphatic rings. The number of carbonyl (C=O) groups is 1. The second-order valence-corrected chi connectivity index (χ2v) is 7.80. The van der Waals surface area contributed by atoms with Crippen molar-refractivity contribution in [3.63, 3.8) is 0 Å². The predicted molar refractivity (Wildman–Crippen MR) is 122 cm³/mol. The molecular weight excluding hydrogens is 376 g/mol. The molecule has 0 bridgehead atoms. The van der Waals surface area contributed by atoms with E-state index >= 15 is 0 Å². The van der Waals surface area contributed by atoms with Gasteiger partial charge in [0.05, 0.1) is 18.3 Å². The molecule has 3 aromatic rings. The zero-order valence-electron chi connectivity index (χ0n) is 17.6. The van der Waals surface area contributed by atoms with E-state index < -0.39 is 0 Å². The average molecular weight is 407 g/mol. The Bertz CT molecular complexity index is 992. The fourth-order valence-corrected chi connectivity index (χ4v) is 4.16. The SMILES string of the molecule is CCN1CCN(c2cc3cc[nH]c3cn2)CC1.NC(=O)CN1CCc2ccccc21. The fraction of sp³-hybridized carbons (Fsp3) is 0.391. The fourth-order valence-electron chi connectivity index (χ4n) is 4.16. The molecular formula is C23H30N6O. The minimum absolute atomic E-state index is 0.267. The van der Waals surface area contributed by atoms with Crippen LogP contribution in [-0.2, 0) is 11.2 Å². The van der Waals surface area contributed by atoms with Crippen LogP contribution in [0.1, 0.15) is 12.5 Å². The number of carbonyl (C=O) groups excluding carboxylic acids is 1. The first-order valence-corrected chi connectivity index (χ1v) is 10.7. The van der Waals surface area contributed by atoms with Gasteiger partial charge in [0.2, 0.25) is 5.91 Å². The van der Waals surface area contributed by atoms with E-state index in [-0.39, 0.29) is 5.91 Å². The van der Waals surface area contributed by atoms with E-state index in [1.54, 1.807) is 0 Å². The second-order valence-electron chi connectivity index (χ2n) is 7.80. The molecule has 0 unspecified atom stereocenters. The Balaban J connectivity index is 0.000000151. The number of piperazine rings is 1. The summed E-state index contributed by atoms with van der Waals surface area (Å²) >= 11 is 0. The van der Waals surface area contributed by atoms with Crippen molar-refractivity contribution < 1.29 is 4.79 Å². The highest BCUT2D eigenvalue weighted by molar-refractivity contribution is 5.81. The zero-order chi connectivity index (χ0) is 20.9. The smallest absolute Gasteiger partial charge is 0.236 e. The van der Waals surface area contributed by atoms with E-state index in [4.69, 9.17) is 5.73 Å². The van der Waals surface area contributed by atoms with Gasteiger partial charge in [0, 0.05) is 50.0 Å². The van der Waals surface area contributed by atoms with Crippen molar-refractivity contribution in [1.82, 2.24) is 14.9 Å². The molecule has 7 heteroatoms. The van der Waals surface area contributed by atoms with E-state index in [9.17, 15) is 4.79 Å². The van der Waals surface area contributed by atoms with Crippen molar-refractivity contribution in [3.8, 4) is 0 Å². The van der Waals surface area contributed by atoms with E-state index in [0.29, 0.717) is 6.54 Å². The number of nitrogens with two attached hydrogens (primary N) is 1. The summed E-state index contributed by atoms with van der Waals surface area (Å²) in [6.45, 7) is 9.05. The molecule has 2 aliphatic heterocycles. The maximum atomic E-state index is 10.7. The molecule has 4 heterocycles. The van der Waals surface area contributed by atoms with Gasteiger partial charge in [-0.15, -0.1) is 0 Å². The summed E-state index contributed by atoms with van der Waals surface area (Å²) in [5.74, 6) is 0.838. The van der Waals surface area contributed by atoms with E-state index in [1.165, 1.54) is 10.9 Å². The Labute approximate surface area is 177 Å². The highest BCUT2D eigenvalue weighted by Crippen LogP contribution is 2.26. The van der Waals surface area contributed by atoms with E-state index in [0.717, 1.165) is 62.7 Å². The zero-order valence-corrected chi connectivity index (χ0v) is 17.6. The Morgan fingerprint density at radius 2 is 1.93 bits per heavy atom. The largest absolute Gasteiger partial charge is 0.368 e. The number of pyridine rings is 1. The summed E-state index contributed by atoms with van der Waals surface area (Å²) in [5.41, 5.74) is 8.72. The number of aromatic amines is 1. The lowest BCUT2D eigenvalue weighted by Gasteiger charge is -2.34. The molecule has 2 aromatic heterocycles. The third-order valence-corrected chi connectivity index (χ3v) is 5.90. The van der Waals surface area contributed by atoms with Crippen LogP contribution in [0, 0.1) is 0 Å². The third kappa shape index (κ3) is 4.57. The first-order valence-electron chi connectivity index (χ1n) is 10.7. The number of likely N-dealkylation sites (N-methyl/N-ethyl adjacent to an activating group) is 1. The van der Waals surface area contributed by atoms with Gasteiger partial charge in [-0.2, -0.15) is 0 Å². The van der Waals surface area contributed by atoms with Gasteiger partial charge in [-0.1, -0.05) is 25.1 Å². The number of fused-ring (bicyclic) bond motifs is 2. The van der Waals surface area contributed by atoms with Crippen LogP contribution in [0.15, 0.2) is 48.8 Å². The summed E-state index contributed by atoms with van der Waals surface area (Å²) in [7, 11) is 0. The number of aromatic nitrogens is 2. The van der Waals surface area contributed by atoms with Crippen molar-refractivity contribution >= 4 is 28.3 Å². The number of amides is 1. The maximum Gasteiger partial charge on any atom is 0.236 e. The Kier molecular flexibility index (Phi) is 6.18. The number of benzene rings is 1. The lowest BCUT2D eigenvalue weighted by atomic mass is 10.2. The molecule has 158 valence electrons. The van der Waals surface area contributed by atoms with Crippen LogP contribution in [0.5, 0.6) is 0 Å². The van der Waals surface area contributed by atoms with Crippen LogP contribution in [0.2, 0.25) is 0 Å². The van der Waals surface area contributed by atoms with Gasteiger partial charge < -0.3 is 25.4 Å². The first kappa shape index (κ1) is 20.2. The molecule has 0 aliphatic carbocycles. The molecule has 5 rings (SSSR count). The van der Waals surface area contributed by atoms with Gasteiger partial charge in [0.1, 0.15) is 5.82 Å². The summed E-state index contributed by atoms with van der Waals surface area (Å²) in [4.78, 5) is 25.3. The van der Waals surface area contributed by atoms with E-state index in [2.05, 4.69) is 44.9 Å². The van der Waals surface area contributed by atoms with Crippen molar-refractivity contribution in [3.05, 3.63) is 54.4 Å². The molecule has 0 atom stereocenters. The standard InChI is InChI=1S/C13H18N4.C10H12N2O/c1-2-16-5-7-17(8-6-16)13-9-11-3-4-14-12(11)10-15-13;11-10(13)7-12-6-5-8-3-1-2-4-9(8)12/h3-4,9-10,14H,2,5-8H2,1H3;1-4H,5-7H2,(H2,11,13). The Morgan fingerprint density at radius 3 is 2.70 bits per heavy atom. The Morgan fingerprint density at radius 1 is 1.13 bits per heavy atom. The number of hydrogen-bond acceptors (Lipinski definition) is 5. The van der Waals surface area contributed by atoms with Crippen molar-refractivity contribution in [2.45, 2.75) is 13.3 Å². The first-order chi connectivity index (χ1) is 14.6. The number of primary amides is 1. The van der Waals surface area contributed by atoms with Crippen molar-refractivity contribution in [2.75, 3.05) is 55.6 Å². The summed E-state index contributed by atoms with van der Waals surface area (Å²) in [6, 6.07) is 12.4. The summed E-state index contributed by atoms with van der Waals surface area (Å²) in [6.07, 6.45) is 4.91. The van der Waals surface area contributed by atoms with Gasteiger partial charge in [0.25, 0.3) is 0 Å². The van der Waals surface area contributed by atoms with Crippen LogP contribution in [0.25, 0.3) is 10.9 Å². The van der Waals surface area contributed by atoms with Gasteiger partial charge in [-0.25, -0.2) is 4.98 Å². The summed E-state index contributed by atoms with van der Waals surface area (Å²) < 4.78 is 0. The molecule has 30 heavy (non-hydrogen) atoms. The minimum atomic E-state index is -0.267. The number of para-hydroxylation sites is 1. The van der Waals surface area contributed by atoms with E-state index in [1.807, 2.05) is 35.5 Å². The normalized spacial score (nSPS) is 16.3. The topological polar surface area (TPSA) is 81.5 Å². The lowest BCUT2D eigenvalue weighted by molar-refractivity contribution is -0.116. The summed E-state index contributed by atoms with van der Waals surface area (Å²) in [5, 5.41) is 1.24. The highest BCUT2D eigenvalue weighted by Gasteiger charge is 2.19. The van der Waals surface area contributed by atoms with Gasteiger partial charge in [-0.05, 0) is 36.7 Å². The number of H-pyrrole nitrogens is 1. The average Bonchev–Trinajstić information content (AvgIpc) is 3.41. The maximum absolute atomic E-state index is 10.7. The van der Waals surface area contributed by atoms with Crippen LogP contribution in [0.3, 0.4) is 0 Å². The number of nitrogens with one attached hydrogen (secondary N) is 1. The van der Waals surface area contributed by atoms with Gasteiger partial charge in [-0.3, -0.25) is 4.79 Å². The molecule has 1 saturated heterocycles. The molecule has 7 nitrogen and oxygen atoms in total. The minimum Gasteiger partial charge on any atom is -0.368 e. The Hall–Kier alpha value is -3.06. The number of hydrogen-bond donors (Lipinski definition) is 2. The van der Waals surface area contributed by atoms with Crippen LogP contribution < -0.4 is 15.5 Å². The number of anilines is 2. The molecule has 3 N–H and O–H groups in total. The van der Waals surface area contributed by atoms with Gasteiger partial charge in [0.15, 0.2) is 0 Å². The van der Waals surface area contributed by atoms with Crippen molar-refractivity contribution in [2.24, 2.45) is 5.73 Å². The molecule has 0 saturated carbocycles. The molecule has 1 amide bonds. The predicted octanol–water partition coefficient (Wildman–Crippen LogP) is 2.24. The third-order valence-electron chi connectivity index (χ3n) is 5.90. The van der Waals surface area contributed by atoms with Crippen LogP contribution >= 0.6 is 0 Å².